The zero-order chi connectivity index (χ0) is 22.5. The monoisotopic (exact) mass is 448 g/mol. The molecule has 8 nitrogen and oxygen atoms in total. The van der Waals surface area contributed by atoms with Gasteiger partial charge in [-0.05, 0) is 55.7 Å². The molecular weight excluding hydrogens is 419 g/mol. The predicted octanol–water partition coefficient (Wildman–Crippen LogP) is 3.63. The molecule has 4 atom stereocenters. The van der Waals surface area contributed by atoms with Gasteiger partial charge in [0.15, 0.2) is 0 Å². The Balaban J connectivity index is 1.23. The fourth-order valence-electron chi connectivity index (χ4n) is 5.88. The lowest BCUT2D eigenvalue weighted by molar-refractivity contribution is 0.349. The van der Waals surface area contributed by atoms with E-state index in [4.69, 9.17) is 10.1 Å². The predicted molar refractivity (Wildman–Crippen MR) is 125 cm³/mol. The van der Waals surface area contributed by atoms with Gasteiger partial charge in [0.05, 0.1) is 0 Å². The van der Waals surface area contributed by atoms with E-state index in [-0.39, 0.29) is 5.82 Å². The van der Waals surface area contributed by atoms with E-state index in [2.05, 4.69) is 38.1 Å². The zero-order valence-corrected chi connectivity index (χ0v) is 19.0. The number of benzene rings is 1. The van der Waals surface area contributed by atoms with Crippen LogP contribution in [0.4, 0.5) is 27.8 Å². The van der Waals surface area contributed by atoms with Crippen molar-refractivity contribution in [1.82, 2.24) is 24.7 Å². The molecule has 1 saturated carbocycles. The molecule has 3 aromatic rings. The molecule has 1 aliphatic carbocycles. The van der Waals surface area contributed by atoms with E-state index < -0.39 is 0 Å². The highest BCUT2D eigenvalue weighted by molar-refractivity contribution is 5.59. The molecule has 2 fully saturated rings. The summed E-state index contributed by atoms with van der Waals surface area (Å²) in [5, 5.41) is 8.47. The average molecular weight is 449 g/mol. The lowest BCUT2D eigenvalue weighted by Crippen LogP contribution is -2.49. The van der Waals surface area contributed by atoms with Crippen LogP contribution in [0.1, 0.15) is 25.5 Å². The van der Waals surface area contributed by atoms with Crippen LogP contribution in [0.5, 0.6) is 0 Å². The van der Waals surface area contributed by atoms with Crippen LogP contribution in [0.15, 0.2) is 36.7 Å². The van der Waals surface area contributed by atoms with Gasteiger partial charge in [0.25, 0.3) is 0 Å². The van der Waals surface area contributed by atoms with Crippen LogP contribution in [0.3, 0.4) is 0 Å². The number of aryl methyl sites for hydroxylation is 2. The molecule has 0 amide bonds. The standard InChI is InChI=1S/C24H29FN8/c1-15-9-17-12-31(21-10-16(2)26-14-27-21)13-20(15)22(17)28-23-29-24-32(7-4-8-33(24)30-23)19-6-3-5-18(25)11-19/h3,5-6,10-11,14-15,17,20,22H,4,7-9,12-13H2,1-2H3,(H,28,30)/t15?,17-,20-,22-/m0/s1. The maximum absolute atomic E-state index is 13.8. The highest BCUT2D eigenvalue weighted by Crippen LogP contribution is 2.43. The van der Waals surface area contributed by atoms with E-state index in [0.717, 1.165) is 55.7 Å². The summed E-state index contributed by atoms with van der Waals surface area (Å²) in [6.45, 7) is 7.93. The molecule has 2 aromatic heterocycles. The highest BCUT2D eigenvalue weighted by atomic mass is 19.1. The fraction of sp³-hybridized carbons (Fsp3) is 0.500. The van der Waals surface area contributed by atoms with Crippen molar-refractivity contribution in [3.8, 4) is 0 Å². The van der Waals surface area contributed by atoms with Gasteiger partial charge in [-0.2, -0.15) is 4.98 Å². The summed E-state index contributed by atoms with van der Waals surface area (Å²) in [7, 11) is 0. The first-order valence-corrected chi connectivity index (χ1v) is 11.8. The number of piperidine rings is 1. The third-order valence-corrected chi connectivity index (χ3v) is 7.43. The Morgan fingerprint density at radius 3 is 2.85 bits per heavy atom. The van der Waals surface area contributed by atoms with Gasteiger partial charge >= 0.3 is 0 Å². The van der Waals surface area contributed by atoms with Crippen molar-refractivity contribution >= 4 is 23.4 Å². The van der Waals surface area contributed by atoms with Gasteiger partial charge in [-0.15, -0.1) is 5.10 Å². The minimum Gasteiger partial charge on any atom is -0.356 e. The quantitative estimate of drug-likeness (QED) is 0.653. The first kappa shape index (κ1) is 20.4. The Hall–Kier alpha value is -3.23. The Morgan fingerprint density at radius 1 is 1.12 bits per heavy atom. The number of hydrogen-bond donors (Lipinski definition) is 1. The second kappa shape index (κ2) is 7.97. The average Bonchev–Trinajstić information content (AvgIpc) is 3.28. The lowest BCUT2D eigenvalue weighted by Gasteiger charge is -2.39. The number of halogens is 1. The van der Waals surface area contributed by atoms with Crippen LogP contribution < -0.4 is 15.1 Å². The summed E-state index contributed by atoms with van der Waals surface area (Å²) >= 11 is 0. The van der Waals surface area contributed by atoms with Crippen LogP contribution >= 0.6 is 0 Å². The maximum Gasteiger partial charge on any atom is 0.244 e. The zero-order valence-electron chi connectivity index (χ0n) is 19.0. The summed E-state index contributed by atoms with van der Waals surface area (Å²) in [6, 6.07) is 9.11. The van der Waals surface area contributed by atoms with E-state index in [9.17, 15) is 4.39 Å². The summed E-state index contributed by atoms with van der Waals surface area (Å²) in [5.41, 5.74) is 1.81. The van der Waals surface area contributed by atoms with Crippen LogP contribution in [0.2, 0.25) is 0 Å². The van der Waals surface area contributed by atoms with Gasteiger partial charge in [-0.25, -0.2) is 19.0 Å². The number of nitrogens with one attached hydrogen (secondary N) is 1. The third kappa shape index (κ3) is 3.69. The van der Waals surface area contributed by atoms with E-state index >= 15 is 0 Å². The fourth-order valence-corrected chi connectivity index (χ4v) is 5.88. The van der Waals surface area contributed by atoms with E-state index in [1.807, 2.05) is 17.7 Å². The molecular formula is C24H29FN8. The number of anilines is 4. The Kier molecular flexibility index (Phi) is 4.92. The summed E-state index contributed by atoms with van der Waals surface area (Å²) in [4.78, 5) is 18.1. The lowest BCUT2D eigenvalue weighted by atomic mass is 9.90. The highest BCUT2D eigenvalue weighted by Gasteiger charge is 2.47. The minimum atomic E-state index is -0.237. The van der Waals surface area contributed by atoms with Gasteiger partial charge < -0.3 is 15.1 Å². The smallest absolute Gasteiger partial charge is 0.244 e. The number of nitrogens with zero attached hydrogens (tertiary/aromatic N) is 7. The van der Waals surface area contributed by atoms with E-state index in [1.165, 1.54) is 12.5 Å². The van der Waals surface area contributed by atoms with Gasteiger partial charge in [0.1, 0.15) is 18.0 Å². The van der Waals surface area contributed by atoms with Gasteiger partial charge in [0, 0.05) is 49.7 Å². The Labute approximate surface area is 192 Å². The molecule has 6 rings (SSSR count). The maximum atomic E-state index is 13.8. The summed E-state index contributed by atoms with van der Waals surface area (Å²) < 4.78 is 15.8. The third-order valence-electron chi connectivity index (χ3n) is 7.43. The van der Waals surface area contributed by atoms with Crippen molar-refractivity contribution in [2.24, 2.45) is 17.8 Å². The molecule has 1 saturated heterocycles. The number of hydrogen-bond acceptors (Lipinski definition) is 7. The van der Waals surface area contributed by atoms with Crippen LogP contribution in [0, 0.1) is 30.5 Å². The van der Waals surface area contributed by atoms with Crippen molar-refractivity contribution in [3.05, 3.63) is 48.2 Å². The van der Waals surface area contributed by atoms with Crippen LogP contribution in [-0.4, -0.2) is 50.4 Å². The molecule has 1 N–H and O–H groups in total. The number of rotatable bonds is 4. The normalized spacial score (nSPS) is 26.4. The number of aromatic nitrogens is 5. The Bertz CT molecular complexity index is 1160. The first-order valence-electron chi connectivity index (χ1n) is 11.8. The number of fused-ring (bicyclic) bond motifs is 3. The molecule has 1 unspecified atom stereocenters. The SMILES string of the molecule is Cc1cc(N2C[C@@H]3CC(C)[C@H](C2)[C@H]3Nc2nc3n(n2)CCCN3c2cccc(F)c2)ncn1. The van der Waals surface area contributed by atoms with E-state index in [1.54, 1.807) is 18.5 Å². The van der Waals surface area contributed by atoms with Crippen molar-refractivity contribution in [2.75, 3.05) is 34.8 Å². The van der Waals surface area contributed by atoms with Gasteiger partial charge in [0.2, 0.25) is 11.9 Å². The van der Waals surface area contributed by atoms with Gasteiger partial charge in [-0.1, -0.05) is 13.0 Å². The second-order valence-corrected chi connectivity index (χ2v) is 9.67. The van der Waals surface area contributed by atoms with E-state index in [0.29, 0.717) is 29.7 Å². The molecule has 33 heavy (non-hydrogen) atoms. The molecule has 9 heteroatoms. The molecule has 1 aromatic carbocycles. The molecule has 0 spiro atoms. The molecule has 2 aliphatic heterocycles. The summed E-state index contributed by atoms with van der Waals surface area (Å²) in [5.74, 6) is 3.87. The summed E-state index contributed by atoms with van der Waals surface area (Å²) in [6.07, 6.45) is 3.79. The van der Waals surface area contributed by atoms with Crippen molar-refractivity contribution in [2.45, 2.75) is 39.3 Å². The topological polar surface area (TPSA) is 75.0 Å². The van der Waals surface area contributed by atoms with Crippen molar-refractivity contribution in [1.29, 1.82) is 0 Å². The molecule has 172 valence electrons. The van der Waals surface area contributed by atoms with Crippen molar-refractivity contribution in [3.63, 3.8) is 0 Å². The molecule has 4 heterocycles. The first-order chi connectivity index (χ1) is 16.0. The van der Waals surface area contributed by atoms with Crippen molar-refractivity contribution < 1.29 is 4.39 Å². The Morgan fingerprint density at radius 2 is 2.03 bits per heavy atom. The minimum absolute atomic E-state index is 0.237. The van der Waals surface area contributed by atoms with Crippen LogP contribution in [-0.2, 0) is 6.54 Å². The second-order valence-electron chi connectivity index (χ2n) is 9.67. The molecule has 2 bridgehead atoms. The van der Waals surface area contributed by atoms with Gasteiger partial charge in [-0.3, -0.25) is 0 Å². The molecule has 3 aliphatic rings. The molecule has 0 radical (unpaired) electrons. The van der Waals surface area contributed by atoms with Crippen LogP contribution in [0.25, 0.3) is 0 Å². The largest absolute Gasteiger partial charge is 0.356 e.